The third-order valence-electron chi connectivity index (χ3n) is 5.54. The summed E-state index contributed by atoms with van der Waals surface area (Å²) >= 11 is 13.7. The number of carbonyl (C=O) groups excluding carboxylic acids is 4. The standard InChI is InChI=1S/C27H21Cl2N3O4S/c1-32-23(33)15-22(27(32)36)37-19-12-10-18(11-13-19)30-26(35)21(14-17-8-5-9-20(28)24(17)29)31-25(34)16-6-3-2-4-7-16/h2-14,22H,15H2,1H3,(H,30,35)(H,31,34)/b21-14-. The average molecular weight is 554 g/mol. The fraction of sp³-hybridized carbons (Fsp3) is 0.111. The molecule has 0 aromatic heterocycles. The van der Waals surface area contributed by atoms with Crippen molar-refractivity contribution >= 4 is 70.4 Å². The van der Waals surface area contributed by atoms with Gasteiger partial charge in [-0.05, 0) is 54.1 Å². The van der Waals surface area contributed by atoms with Gasteiger partial charge in [0, 0.05) is 29.6 Å². The van der Waals surface area contributed by atoms with E-state index in [1.54, 1.807) is 72.8 Å². The van der Waals surface area contributed by atoms with Gasteiger partial charge >= 0.3 is 0 Å². The van der Waals surface area contributed by atoms with Crippen molar-refractivity contribution < 1.29 is 19.2 Å². The summed E-state index contributed by atoms with van der Waals surface area (Å²) < 4.78 is 0. The molecule has 0 radical (unpaired) electrons. The van der Waals surface area contributed by atoms with E-state index < -0.39 is 17.1 Å². The summed E-state index contributed by atoms with van der Waals surface area (Å²) in [4.78, 5) is 51.8. The van der Waals surface area contributed by atoms with E-state index in [0.29, 0.717) is 21.8 Å². The third kappa shape index (κ3) is 6.40. The number of imide groups is 1. The third-order valence-corrected chi connectivity index (χ3v) is 7.57. The second-order valence-electron chi connectivity index (χ2n) is 8.10. The van der Waals surface area contributed by atoms with Crippen LogP contribution in [0.2, 0.25) is 10.0 Å². The van der Waals surface area contributed by atoms with Gasteiger partial charge in [-0.1, -0.05) is 53.5 Å². The molecule has 1 atom stereocenters. The van der Waals surface area contributed by atoms with Crippen LogP contribution < -0.4 is 10.6 Å². The molecule has 10 heteroatoms. The van der Waals surface area contributed by atoms with Crippen molar-refractivity contribution in [1.29, 1.82) is 0 Å². The van der Waals surface area contributed by atoms with Crippen LogP contribution in [0, 0.1) is 0 Å². The van der Waals surface area contributed by atoms with Crippen LogP contribution in [0.3, 0.4) is 0 Å². The maximum absolute atomic E-state index is 13.2. The first-order valence-electron chi connectivity index (χ1n) is 11.1. The van der Waals surface area contributed by atoms with Gasteiger partial charge in [0.25, 0.3) is 11.8 Å². The molecule has 3 aromatic rings. The number of hydrogen-bond acceptors (Lipinski definition) is 5. The van der Waals surface area contributed by atoms with Gasteiger partial charge in [0.1, 0.15) is 5.70 Å². The summed E-state index contributed by atoms with van der Waals surface area (Å²) in [5, 5.41) is 5.50. The van der Waals surface area contributed by atoms with Gasteiger partial charge in [0.2, 0.25) is 11.8 Å². The van der Waals surface area contributed by atoms with Crippen LogP contribution in [-0.2, 0) is 14.4 Å². The molecule has 1 fully saturated rings. The van der Waals surface area contributed by atoms with E-state index >= 15 is 0 Å². The molecule has 0 spiro atoms. The van der Waals surface area contributed by atoms with Crippen molar-refractivity contribution in [3.8, 4) is 0 Å². The molecule has 4 rings (SSSR count). The van der Waals surface area contributed by atoms with Gasteiger partial charge in [-0.2, -0.15) is 0 Å². The molecule has 1 heterocycles. The fourth-order valence-corrected chi connectivity index (χ4v) is 4.99. The second kappa shape index (κ2) is 11.6. The summed E-state index contributed by atoms with van der Waals surface area (Å²) in [6, 6.07) is 20.3. The number of likely N-dealkylation sites (tertiary alicyclic amines) is 1. The maximum atomic E-state index is 13.2. The monoisotopic (exact) mass is 553 g/mol. The molecular formula is C27H21Cl2N3O4S. The van der Waals surface area contributed by atoms with Crippen LogP contribution in [0.25, 0.3) is 6.08 Å². The number of nitrogens with one attached hydrogen (secondary N) is 2. The largest absolute Gasteiger partial charge is 0.321 e. The summed E-state index contributed by atoms with van der Waals surface area (Å²) in [6.07, 6.45) is 1.60. The number of thioether (sulfide) groups is 1. The SMILES string of the molecule is CN1C(=O)CC(Sc2ccc(NC(=O)/C(=C/c3cccc(Cl)c3Cl)NC(=O)c3ccccc3)cc2)C1=O. The fourth-order valence-electron chi connectivity index (χ4n) is 3.52. The lowest BCUT2D eigenvalue weighted by Crippen LogP contribution is -2.30. The second-order valence-corrected chi connectivity index (χ2v) is 10.2. The minimum Gasteiger partial charge on any atom is -0.321 e. The zero-order chi connectivity index (χ0) is 26.5. The van der Waals surface area contributed by atoms with Gasteiger partial charge in [0.15, 0.2) is 0 Å². The van der Waals surface area contributed by atoms with Crippen LogP contribution in [-0.4, -0.2) is 40.8 Å². The van der Waals surface area contributed by atoms with Gasteiger partial charge < -0.3 is 10.6 Å². The van der Waals surface area contributed by atoms with Crippen LogP contribution in [0.4, 0.5) is 5.69 Å². The molecule has 1 aliphatic heterocycles. The zero-order valence-electron chi connectivity index (χ0n) is 19.5. The first-order chi connectivity index (χ1) is 17.7. The molecule has 4 amide bonds. The molecule has 0 bridgehead atoms. The Morgan fingerprint density at radius 1 is 0.973 bits per heavy atom. The minimum atomic E-state index is -0.570. The molecule has 2 N–H and O–H groups in total. The summed E-state index contributed by atoms with van der Waals surface area (Å²) in [5.41, 5.74) is 1.28. The lowest BCUT2D eigenvalue weighted by molar-refractivity contribution is -0.136. The Morgan fingerprint density at radius 2 is 1.68 bits per heavy atom. The number of benzene rings is 3. The molecule has 7 nitrogen and oxygen atoms in total. The number of hydrogen-bond donors (Lipinski definition) is 2. The molecule has 0 aliphatic carbocycles. The van der Waals surface area contributed by atoms with E-state index in [1.165, 1.54) is 24.9 Å². The van der Waals surface area contributed by atoms with E-state index in [4.69, 9.17) is 23.2 Å². The Balaban J connectivity index is 1.52. The van der Waals surface area contributed by atoms with E-state index in [0.717, 1.165) is 9.80 Å². The zero-order valence-corrected chi connectivity index (χ0v) is 21.9. The highest BCUT2D eigenvalue weighted by Crippen LogP contribution is 2.32. The van der Waals surface area contributed by atoms with Crippen molar-refractivity contribution in [2.45, 2.75) is 16.6 Å². The highest BCUT2D eigenvalue weighted by atomic mass is 35.5. The van der Waals surface area contributed by atoms with Crippen molar-refractivity contribution in [3.63, 3.8) is 0 Å². The van der Waals surface area contributed by atoms with E-state index in [-0.39, 0.29) is 29.0 Å². The predicted molar refractivity (Wildman–Crippen MR) is 145 cm³/mol. The number of nitrogens with zero attached hydrogens (tertiary/aromatic N) is 1. The Hall–Kier alpha value is -3.59. The maximum Gasteiger partial charge on any atom is 0.272 e. The topological polar surface area (TPSA) is 95.6 Å². The quantitative estimate of drug-likeness (QED) is 0.307. The lowest BCUT2D eigenvalue weighted by Gasteiger charge is -2.13. The van der Waals surface area contributed by atoms with Crippen molar-refractivity contribution in [1.82, 2.24) is 10.2 Å². The normalized spacial score (nSPS) is 15.6. The molecule has 37 heavy (non-hydrogen) atoms. The van der Waals surface area contributed by atoms with Crippen LogP contribution in [0.1, 0.15) is 22.3 Å². The first-order valence-corrected chi connectivity index (χ1v) is 12.8. The van der Waals surface area contributed by atoms with Gasteiger partial charge in [0.05, 0.1) is 15.3 Å². The Kier molecular flexibility index (Phi) is 8.33. The number of halogens is 2. The Labute approximate surface area is 227 Å². The van der Waals surface area contributed by atoms with E-state index in [9.17, 15) is 19.2 Å². The summed E-state index contributed by atoms with van der Waals surface area (Å²) in [7, 11) is 1.47. The highest BCUT2D eigenvalue weighted by molar-refractivity contribution is 8.00. The lowest BCUT2D eigenvalue weighted by atomic mass is 10.1. The summed E-state index contributed by atoms with van der Waals surface area (Å²) in [5.74, 6) is -1.47. The molecule has 0 saturated carbocycles. The van der Waals surface area contributed by atoms with Crippen LogP contribution in [0.15, 0.2) is 83.4 Å². The number of rotatable bonds is 7. The Bertz CT molecular complexity index is 1390. The van der Waals surface area contributed by atoms with Crippen molar-refractivity contribution in [3.05, 3.63) is 99.7 Å². The molecule has 3 aromatic carbocycles. The van der Waals surface area contributed by atoms with Gasteiger partial charge in [-0.15, -0.1) is 11.8 Å². The summed E-state index contributed by atoms with van der Waals surface area (Å²) in [6.45, 7) is 0. The number of anilines is 1. The van der Waals surface area contributed by atoms with Gasteiger partial charge in [-0.3, -0.25) is 24.1 Å². The minimum absolute atomic E-state index is 0.0328. The first kappa shape index (κ1) is 26.5. The van der Waals surface area contributed by atoms with E-state index in [1.807, 2.05) is 0 Å². The van der Waals surface area contributed by atoms with E-state index in [2.05, 4.69) is 10.6 Å². The molecular weight excluding hydrogens is 533 g/mol. The Morgan fingerprint density at radius 3 is 2.32 bits per heavy atom. The molecule has 1 saturated heterocycles. The molecule has 1 aliphatic rings. The van der Waals surface area contributed by atoms with Crippen LogP contribution in [0.5, 0.6) is 0 Å². The van der Waals surface area contributed by atoms with Crippen LogP contribution >= 0.6 is 35.0 Å². The van der Waals surface area contributed by atoms with Crippen molar-refractivity contribution in [2.24, 2.45) is 0 Å². The average Bonchev–Trinajstić information content (AvgIpc) is 3.14. The molecule has 1 unspecified atom stereocenters. The number of carbonyl (C=O) groups is 4. The molecule has 188 valence electrons. The number of amides is 4. The smallest absolute Gasteiger partial charge is 0.272 e. The van der Waals surface area contributed by atoms with Crippen molar-refractivity contribution in [2.75, 3.05) is 12.4 Å². The highest BCUT2D eigenvalue weighted by Gasteiger charge is 2.36. The predicted octanol–water partition coefficient (Wildman–Crippen LogP) is 5.25. The van der Waals surface area contributed by atoms with Gasteiger partial charge in [-0.25, -0.2) is 0 Å².